The van der Waals surface area contributed by atoms with Crippen LogP contribution in [-0.4, -0.2) is 61.0 Å². The molecule has 2 aliphatic heterocycles. The first-order valence-electron chi connectivity index (χ1n) is 7.95. The molecule has 3 heterocycles. The lowest BCUT2D eigenvalue weighted by Crippen LogP contribution is -2.37. The van der Waals surface area contributed by atoms with E-state index < -0.39 is 16.3 Å². The SMILES string of the molecule is O=S1(=O)CCC(c2noc(CC3CCN(CC(F)F)CC3)n2)C1. The molecule has 0 radical (unpaired) electrons. The van der Waals surface area contributed by atoms with Crippen molar-refractivity contribution in [3.63, 3.8) is 0 Å². The van der Waals surface area contributed by atoms with E-state index >= 15 is 0 Å². The van der Waals surface area contributed by atoms with Gasteiger partial charge in [0.1, 0.15) is 0 Å². The van der Waals surface area contributed by atoms with Crippen LogP contribution in [0.4, 0.5) is 8.78 Å². The summed E-state index contributed by atoms with van der Waals surface area (Å²) >= 11 is 0. The van der Waals surface area contributed by atoms with Gasteiger partial charge >= 0.3 is 0 Å². The number of nitrogens with zero attached hydrogens (tertiary/aromatic N) is 3. The van der Waals surface area contributed by atoms with E-state index in [1.807, 2.05) is 0 Å². The van der Waals surface area contributed by atoms with Crippen LogP contribution in [-0.2, 0) is 16.3 Å². The lowest BCUT2D eigenvalue weighted by atomic mass is 9.93. The van der Waals surface area contributed by atoms with Crippen molar-refractivity contribution in [1.29, 1.82) is 0 Å². The van der Waals surface area contributed by atoms with Gasteiger partial charge in [-0.3, -0.25) is 4.90 Å². The van der Waals surface area contributed by atoms with Crippen molar-refractivity contribution in [3.8, 4) is 0 Å². The Hall–Kier alpha value is -1.09. The minimum absolute atomic E-state index is 0.0952. The fourth-order valence-electron chi connectivity index (χ4n) is 3.33. The molecule has 130 valence electrons. The summed E-state index contributed by atoms with van der Waals surface area (Å²) in [4.78, 5) is 6.13. The van der Waals surface area contributed by atoms with Gasteiger partial charge < -0.3 is 4.52 Å². The molecule has 23 heavy (non-hydrogen) atoms. The van der Waals surface area contributed by atoms with E-state index in [9.17, 15) is 17.2 Å². The second-order valence-electron chi connectivity index (χ2n) is 6.49. The maximum atomic E-state index is 12.4. The van der Waals surface area contributed by atoms with Crippen molar-refractivity contribution in [1.82, 2.24) is 15.0 Å². The second-order valence-corrected chi connectivity index (χ2v) is 8.71. The van der Waals surface area contributed by atoms with Crippen molar-refractivity contribution in [2.45, 2.75) is 38.0 Å². The van der Waals surface area contributed by atoms with E-state index in [2.05, 4.69) is 10.1 Å². The summed E-state index contributed by atoms with van der Waals surface area (Å²) in [6.45, 7) is 1.17. The molecule has 0 amide bonds. The molecule has 6 nitrogen and oxygen atoms in total. The van der Waals surface area contributed by atoms with Crippen LogP contribution in [0.15, 0.2) is 4.52 Å². The minimum Gasteiger partial charge on any atom is -0.339 e. The van der Waals surface area contributed by atoms with E-state index in [4.69, 9.17) is 4.52 Å². The second kappa shape index (κ2) is 6.80. The number of sulfone groups is 1. The molecule has 2 saturated heterocycles. The van der Waals surface area contributed by atoms with Gasteiger partial charge in [0.25, 0.3) is 6.43 Å². The molecule has 1 aromatic heterocycles. The first-order chi connectivity index (χ1) is 10.9. The number of likely N-dealkylation sites (tertiary alicyclic amines) is 1. The van der Waals surface area contributed by atoms with E-state index in [-0.39, 0.29) is 24.0 Å². The number of rotatable bonds is 5. The topological polar surface area (TPSA) is 76.3 Å². The molecular weight excluding hydrogens is 328 g/mol. The van der Waals surface area contributed by atoms with Crippen molar-refractivity contribution in [2.75, 3.05) is 31.1 Å². The van der Waals surface area contributed by atoms with Gasteiger partial charge in [-0.05, 0) is 38.3 Å². The van der Waals surface area contributed by atoms with E-state index in [0.717, 1.165) is 12.8 Å². The largest absolute Gasteiger partial charge is 0.339 e. The van der Waals surface area contributed by atoms with Gasteiger partial charge in [-0.2, -0.15) is 4.98 Å². The number of halogens is 2. The average molecular weight is 349 g/mol. The summed E-state index contributed by atoms with van der Waals surface area (Å²) in [6, 6.07) is 0. The van der Waals surface area contributed by atoms with Crippen LogP contribution in [0.5, 0.6) is 0 Å². The Labute approximate surface area is 134 Å². The van der Waals surface area contributed by atoms with Crippen LogP contribution in [0.3, 0.4) is 0 Å². The molecule has 1 atom stereocenters. The van der Waals surface area contributed by atoms with Crippen molar-refractivity contribution >= 4 is 9.84 Å². The molecule has 0 bridgehead atoms. The standard InChI is InChI=1S/C14H21F2N3O3S/c15-12(16)8-19-4-1-10(2-5-19)7-13-17-14(18-22-13)11-3-6-23(20,21)9-11/h10-12H,1-9H2. The Morgan fingerprint density at radius 1 is 1.26 bits per heavy atom. The Kier molecular flexibility index (Phi) is 4.96. The monoisotopic (exact) mass is 349 g/mol. The highest BCUT2D eigenvalue weighted by atomic mass is 32.2. The smallest absolute Gasteiger partial charge is 0.251 e. The zero-order valence-electron chi connectivity index (χ0n) is 12.8. The van der Waals surface area contributed by atoms with Crippen molar-refractivity contribution < 1.29 is 21.7 Å². The van der Waals surface area contributed by atoms with Gasteiger partial charge in [0.2, 0.25) is 5.89 Å². The molecule has 9 heteroatoms. The Morgan fingerprint density at radius 3 is 2.61 bits per heavy atom. The van der Waals surface area contributed by atoms with Crippen LogP contribution in [0.2, 0.25) is 0 Å². The fourth-order valence-corrected chi connectivity index (χ4v) is 5.07. The molecule has 0 aliphatic carbocycles. The molecule has 0 saturated carbocycles. The van der Waals surface area contributed by atoms with Gasteiger partial charge in [-0.15, -0.1) is 0 Å². The third-order valence-electron chi connectivity index (χ3n) is 4.65. The Balaban J connectivity index is 1.50. The highest BCUT2D eigenvalue weighted by molar-refractivity contribution is 7.91. The molecule has 0 N–H and O–H groups in total. The fraction of sp³-hybridized carbons (Fsp3) is 0.857. The summed E-state index contributed by atoms with van der Waals surface area (Å²) in [5.41, 5.74) is 0. The lowest BCUT2D eigenvalue weighted by molar-refractivity contribution is 0.0681. The zero-order chi connectivity index (χ0) is 16.4. The zero-order valence-corrected chi connectivity index (χ0v) is 13.6. The van der Waals surface area contributed by atoms with Gasteiger partial charge in [0.05, 0.1) is 18.1 Å². The van der Waals surface area contributed by atoms with Gasteiger partial charge in [0.15, 0.2) is 15.7 Å². The maximum absolute atomic E-state index is 12.4. The summed E-state index contributed by atoms with van der Waals surface area (Å²) in [7, 11) is -2.97. The van der Waals surface area contributed by atoms with Crippen LogP contribution in [0.1, 0.15) is 36.9 Å². The number of piperidine rings is 1. The molecule has 2 fully saturated rings. The molecule has 1 aromatic rings. The predicted molar refractivity (Wildman–Crippen MR) is 79.2 cm³/mol. The third-order valence-corrected chi connectivity index (χ3v) is 6.42. The first kappa shape index (κ1) is 16.8. The van der Waals surface area contributed by atoms with Crippen LogP contribution >= 0.6 is 0 Å². The minimum atomic E-state index is -2.97. The average Bonchev–Trinajstić information content (AvgIpc) is 3.07. The summed E-state index contributed by atoms with van der Waals surface area (Å²) in [6.07, 6.45) is 0.569. The van der Waals surface area contributed by atoms with E-state index in [0.29, 0.717) is 43.6 Å². The quantitative estimate of drug-likeness (QED) is 0.802. The van der Waals surface area contributed by atoms with Crippen molar-refractivity contribution in [2.24, 2.45) is 5.92 Å². The summed E-state index contributed by atoms with van der Waals surface area (Å²) in [5.74, 6) is 1.48. The van der Waals surface area contributed by atoms with Crippen LogP contribution < -0.4 is 0 Å². The van der Waals surface area contributed by atoms with Gasteiger partial charge in [-0.1, -0.05) is 5.16 Å². The molecule has 1 unspecified atom stereocenters. The maximum Gasteiger partial charge on any atom is 0.251 e. The predicted octanol–water partition coefficient (Wildman–Crippen LogP) is 1.49. The van der Waals surface area contributed by atoms with E-state index in [1.54, 1.807) is 4.90 Å². The number of hydrogen-bond donors (Lipinski definition) is 0. The van der Waals surface area contributed by atoms with Gasteiger partial charge in [0, 0.05) is 12.3 Å². The lowest BCUT2D eigenvalue weighted by Gasteiger charge is -2.30. The number of alkyl halides is 2. The van der Waals surface area contributed by atoms with Crippen LogP contribution in [0, 0.1) is 5.92 Å². The highest BCUT2D eigenvalue weighted by Gasteiger charge is 2.32. The molecule has 3 rings (SSSR count). The number of aromatic nitrogens is 2. The molecular formula is C14H21F2N3O3S. The first-order valence-corrected chi connectivity index (χ1v) is 9.77. The van der Waals surface area contributed by atoms with Gasteiger partial charge in [-0.25, -0.2) is 17.2 Å². The molecule has 0 aromatic carbocycles. The molecule has 0 spiro atoms. The Morgan fingerprint density at radius 2 is 2.00 bits per heavy atom. The van der Waals surface area contributed by atoms with E-state index in [1.165, 1.54) is 0 Å². The summed E-state index contributed by atoms with van der Waals surface area (Å²) in [5, 5.41) is 3.92. The third kappa shape index (κ3) is 4.47. The number of hydrogen-bond acceptors (Lipinski definition) is 6. The molecule has 2 aliphatic rings. The Bertz CT molecular complexity index is 627. The van der Waals surface area contributed by atoms with Crippen molar-refractivity contribution in [3.05, 3.63) is 11.7 Å². The highest BCUT2D eigenvalue weighted by Crippen LogP contribution is 2.28. The normalized spacial score (nSPS) is 26.1. The summed E-state index contributed by atoms with van der Waals surface area (Å²) < 4.78 is 53.0. The van der Waals surface area contributed by atoms with Crippen LogP contribution in [0.25, 0.3) is 0 Å².